The van der Waals surface area contributed by atoms with E-state index in [4.69, 9.17) is 4.52 Å². The molecule has 2 fully saturated rings. The molecule has 2 atom stereocenters. The van der Waals surface area contributed by atoms with Crippen LogP contribution in [0.3, 0.4) is 0 Å². The number of hydrogen-bond acceptors (Lipinski definition) is 6. The Hall–Kier alpha value is -1.47. The minimum Gasteiger partial charge on any atom is -0.395 e. The van der Waals surface area contributed by atoms with E-state index < -0.39 is 0 Å². The van der Waals surface area contributed by atoms with Gasteiger partial charge in [0.05, 0.1) is 12.0 Å². The zero-order valence-electron chi connectivity index (χ0n) is 14.2. The summed E-state index contributed by atoms with van der Waals surface area (Å²) in [6, 6.07) is 0. The van der Waals surface area contributed by atoms with Crippen LogP contribution in [0.5, 0.6) is 0 Å². The van der Waals surface area contributed by atoms with Crippen molar-refractivity contribution in [2.24, 2.45) is 11.8 Å². The van der Waals surface area contributed by atoms with Crippen molar-refractivity contribution in [2.75, 3.05) is 39.3 Å². The number of piperidine rings is 1. The maximum absolute atomic E-state index is 12.5. The monoisotopic (exact) mass is 322 g/mol. The number of aromatic nitrogens is 2. The largest absolute Gasteiger partial charge is 0.395 e. The van der Waals surface area contributed by atoms with Crippen molar-refractivity contribution in [3.63, 3.8) is 0 Å². The van der Waals surface area contributed by atoms with Gasteiger partial charge in [-0.15, -0.1) is 0 Å². The molecule has 128 valence electrons. The van der Waals surface area contributed by atoms with E-state index in [0.717, 1.165) is 26.1 Å². The second-order valence-corrected chi connectivity index (χ2v) is 7.16. The molecule has 0 unspecified atom stereocenters. The van der Waals surface area contributed by atoms with Gasteiger partial charge in [0, 0.05) is 32.1 Å². The second-order valence-electron chi connectivity index (χ2n) is 7.16. The zero-order chi connectivity index (χ0) is 16.6. The number of carbonyl (C=O) groups is 1. The van der Waals surface area contributed by atoms with E-state index in [1.165, 1.54) is 0 Å². The molecule has 3 heterocycles. The molecule has 1 N–H and O–H groups in total. The molecule has 0 bridgehead atoms. The number of fused-ring (bicyclic) bond motifs is 1. The van der Waals surface area contributed by atoms with Crippen LogP contribution in [0, 0.1) is 18.8 Å². The van der Waals surface area contributed by atoms with Gasteiger partial charge in [-0.1, -0.05) is 19.0 Å². The molecule has 0 radical (unpaired) electrons. The van der Waals surface area contributed by atoms with Crippen LogP contribution in [0.4, 0.5) is 0 Å². The number of hydrogen-bond donors (Lipinski definition) is 1. The third kappa shape index (κ3) is 2.87. The Balaban J connectivity index is 1.92. The van der Waals surface area contributed by atoms with Crippen molar-refractivity contribution in [1.82, 2.24) is 19.9 Å². The summed E-state index contributed by atoms with van der Waals surface area (Å²) in [4.78, 5) is 21.2. The van der Waals surface area contributed by atoms with Gasteiger partial charge < -0.3 is 14.5 Å². The fourth-order valence-electron chi connectivity index (χ4n) is 4.01. The van der Waals surface area contributed by atoms with E-state index in [0.29, 0.717) is 30.7 Å². The lowest BCUT2D eigenvalue weighted by molar-refractivity contribution is -0.133. The molecular formula is C16H26N4O3. The smallest absolute Gasteiger partial charge is 0.236 e. The first-order chi connectivity index (χ1) is 11.0. The summed E-state index contributed by atoms with van der Waals surface area (Å²) in [6.45, 7) is 9.53. The lowest BCUT2D eigenvalue weighted by Crippen LogP contribution is -2.52. The molecule has 1 aromatic heterocycles. The Morgan fingerprint density at radius 1 is 1.48 bits per heavy atom. The van der Waals surface area contributed by atoms with Gasteiger partial charge in [-0.25, -0.2) is 0 Å². The van der Waals surface area contributed by atoms with Crippen molar-refractivity contribution in [3.8, 4) is 0 Å². The Bertz CT molecular complexity index is 573. The normalized spacial score (nSPS) is 28.4. The van der Waals surface area contributed by atoms with Crippen LogP contribution in [0.2, 0.25) is 0 Å². The van der Waals surface area contributed by atoms with Gasteiger partial charge in [-0.3, -0.25) is 9.69 Å². The Morgan fingerprint density at radius 3 is 2.87 bits per heavy atom. The SMILES string of the molecule is Cc1noc([C@]23CN(CCO)CC[C@H]2CN(C(=O)C(C)C)C3)n1. The van der Waals surface area contributed by atoms with Gasteiger partial charge in [0.15, 0.2) is 5.82 Å². The van der Waals surface area contributed by atoms with Crippen molar-refractivity contribution in [3.05, 3.63) is 11.7 Å². The third-order valence-corrected chi connectivity index (χ3v) is 5.17. The van der Waals surface area contributed by atoms with E-state index in [-0.39, 0.29) is 23.8 Å². The maximum atomic E-state index is 12.5. The topological polar surface area (TPSA) is 82.7 Å². The minimum absolute atomic E-state index is 0.00910. The molecule has 0 aliphatic carbocycles. The number of likely N-dealkylation sites (tertiary alicyclic amines) is 2. The average Bonchev–Trinajstić information content (AvgIpc) is 3.10. The second kappa shape index (κ2) is 6.20. The van der Waals surface area contributed by atoms with Crippen LogP contribution < -0.4 is 0 Å². The first-order valence-electron chi connectivity index (χ1n) is 8.39. The lowest BCUT2D eigenvalue weighted by Gasteiger charge is -2.41. The van der Waals surface area contributed by atoms with Crippen LogP contribution >= 0.6 is 0 Å². The molecule has 0 spiro atoms. The first kappa shape index (κ1) is 16.4. The summed E-state index contributed by atoms with van der Waals surface area (Å²) >= 11 is 0. The minimum atomic E-state index is -0.306. The van der Waals surface area contributed by atoms with Gasteiger partial charge in [0.25, 0.3) is 0 Å². The first-order valence-corrected chi connectivity index (χ1v) is 8.39. The van der Waals surface area contributed by atoms with Gasteiger partial charge in [-0.05, 0) is 25.8 Å². The van der Waals surface area contributed by atoms with E-state index >= 15 is 0 Å². The van der Waals surface area contributed by atoms with Crippen LogP contribution in [-0.4, -0.2) is 70.3 Å². The third-order valence-electron chi connectivity index (χ3n) is 5.17. The van der Waals surface area contributed by atoms with Crippen LogP contribution in [-0.2, 0) is 10.2 Å². The average molecular weight is 322 g/mol. The quantitative estimate of drug-likeness (QED) is 0.865. The molecule has 1 aromatic rings. The molecule has 23 heavy (non-hydrogen) atoms. The summed E-state index contributed by atoms with van der Waals surface area (Å²) in [5.41, 5.74) is -0.306. The van der Waals surface area contributed by atoms with Crippen LogP contribution in [0.15, 0.2) is 4.52 Å². The summed E-state index contributed by atoms with van der Waals surface area (Å²) in [6.07, 6.45) is 0.975. The van der Waals surface area contributed by atoms with E-state index in [2.05, 4.69) is 15.0 Å². The summed E-state index contributed by atoms with van der Waals surface area (Å²) in [5.74, 6) is 1.77. The van der Waals surface area contributed by atoms with Crippen molar-refractivity contribution in [1.29, 1.82) is 0 Å². The highest BCUT2D eigenvalue weighted by atomic mass is 16.5. The van der Waals surface area contributed by atoms with Crippen LogP contribution in [0.25, 0.3) is 0 Å². The van der Waals surface area contributed by atoms with Gasteiger partial charge in [0.2, 0.25) is 11.8 Å². The fraction of sp³-hybridized carbons (Fsp3) is 0.812. The highest BCUT2D eigenvalue weighted by Gasteiger charge is 2.55. The standard InChI is InChI=1S/C16H26N4O3/c1-11(2)14(22)20-8-13-4-5-19(6-7-21)9-16(13,10-20)15-17-12(3)18-23-15/h11,13,21H,4-10H2,1-3H3/t13-,16-/m0/s1. The van der Waals surface area contributed by atoms with E-state index in [1.807, 2.05) is 25.7 Å². The van der Waals surface area contributed by atoms with Gasteiger partial charge in [0.1, 0.15) is 0 Å². The number of nitrogens with zero attached hydrogens (tertiary/aromatic N) is 4. The molecule has 7 nitrogen and oxygen atoms in total. The molecule has 2 aliphatic rings. The summed E-state index contributed by atoms with van der Waals surface area (Å²) in [5, 5.41) is 13.2. The molecule has 0 saturated carbocycles. The molecule has 2 aliphatic heterocycles. The van der Waals surface area contributed by atoms with E-state index in [1.54, 1.807) is 0 Å². The van der Waals surface area contributed by atoms with Crippen molar-refractivity contribution in [2.45, 2.75) is 32.6 Å². The molecule has 3 rings (SSSR count). The predicted molar refractivity (Wildman–Crippen MR) is 83.8 cm³/mol. The molecule has 2 saturated heterocycles. The number of β-amino-alcohol motifs (C(OH)–C–C–N with tert-alkyl or cyclic N) is 1. The van der Waals surface area contributed by atoms with Crippen LogP contribution in [0.1, 0.15) is 32.0 Å². The van der Waals surface area contributed by atoms with Gasteiger partial charge in [-0.2, -0.15) is 4.98 Å². The van der Waals surface area contributed by atoms with E-state index in [9.17, 15) is 9.90 Å². The molecular weight excluding hydrogens is 296 g/mol. The number of aryl methyl sites for hydroxylation is 1. The lowest BCUT2D eigenvalue weighted by atomic mass is 9.73. The van der Waals surface area contributed by atoms with Crippen molar-refractivity contribution >= 4 is 5.91 Å². The maximum Gasteiger partial charge on any atom is 0.236 e. The number of rotatable bonds is 4. The molecule has 7 heteroatoms. The van der Waals surface area contributed by atoms with Gasteiger partial charge >= 0.3 is 0 Å². The Kier molecular flexibility index (Phi) is 4.42. The molecule has 1 amide bonds. The Labute approximate surface area is 136 Å². The zero-order valence-corrected chi connectivity index (χ0v) is 14.2. The Morgan fingerprint density at radius 2 is 2.26 bits per heavy atom. The number of aliphatic hydroxyl groups excluding tert-OH is 1. The predicted octanol–water partition coefficient (Wildman–Crippen LogP) is 0.428. The highest BCUT2D eigenvalue weighted by Crippen LogP contribution is 2.44. The highest BCUT2D eigenvalue weighted by molar-refractivity contribution is 5.78. The number of amides is 1. The summed E-state index contributed by atoms with van der Waals surface area (Å²) in [7, 11) is 0. The fourth-order valence-corrected chi connectivity index (χ4v) is 4.01. The number of aliphatic hydroxyl groups is 1. The molecule has 0 aromatic carbocycles. The number of carbonyl (C=O) groups excluding carboxylic acids is 1. The van der Waals surface area contributed by atoms with Crippen molar-refractivity contribution < 1.29 is 14.4 Å². The summed E-state index contributed by atoms with van der Waals surface area (Å²) < 4.78 is 5.54.